The number of ether oxygens (including phenoxy) is 1. The first-order valence-corrected chi connectivity index (χ1v) is 4.72. The van der Waals surface area contributed by atoms with Crippen molar-refractivity contribution >= 4 is 5.97 Å². The first-order valence-electron chi connectivity index (χ1n) is 4.72. The summed E-state index contributed by atoms with van der Waals surface area (Å²) in [4.78, 5) is 11.3. The van der Waals surface area contributed by atoms with Crippen molar-refractivity contribution in [1.82, 2.24) is 0 Å². The number of halogens is 1. The predicted molar refractivity (Wildman–Crippen MR) is 54.2 cm³/mol. The predicted octanol–water partition coefficient (Wildman–Crippen LogP) is 2.78. The normalized spacial score (nSPS) is 10.1. The summed E-state index contributed by atoms with van der Waals surface area (Å²) >= 11 is 0. The average Bonchev–Trinajstić information content (AvgIpc) is 2.74. The van der Waals surface area contributed by atoms with Crippen LogP contribution in [0.3, 0.4) is 0 Å². The van der Waals surface area contributed by atoms with E-state index < -0.39 is 12.0 Å². The molecule has 1 aromatic heterocycles. The minimum absolute atomic E-state index is 0.131. The van der Waals surface area contributed by atoms with E-state index in [4.69, 9.17) is 4.74 Å². The molecule has 0 unspecified atom stereocenters. The van der Waals surface area contributed by atoms with E-state index >= 15 is 0 Å². The van der Waals surface area contributed by atoms with E-state index in [-0.39, 0.29) is 12.4 Å². The van der Waals surface area contributed by atoms with Crippen molar-refractivity contribution in [2.24, 2.45) is 0 Å². The van der Waals surface area contributed by atoms with E-state index in [1.165, 1.54) is 6.07 Å². The Morgan fingerprint density at radius 2 is 1.94 bits per heavy atom. The van der Waals surface area contributed by atoms with Gasteiger partial charge < -0.3 is 9.15 Å². The van der Waals surface area contributed by atoms with Crippen molar-refractivity contribution in [3.8, 4) is 0 Å². The molecule has 3 nitrogen and oxygen atoms in total. The minimum atomic E-state index is -0.799. The Morgan fingerprint density at radius 3 is 2.56 bits per heavy atom. The number of benzene rings is 1. The summed E-state index contributed by atoms with van der Waals surface area (Å²) in [5.74, 6) is -0.804. The molecule has 0 radical (unpaired) electrons. The summed E-state index contributed by atoms with van der Waals surface area (Å²) in [5.41, 5.74) is 0.864. The summed E-state index contributed by atoms with van der Waals surface area (Å²) in [6, 6.07) is 10.7. The standard InChI is InChI=1S/C12H9FO3/c13-11-7-6-10(16-11)12(14)15-8-9-4-2-1-3-5-9/h1-7H,8H2. The zero-order valence-corrected chi connectivity index (χ0v) is 8.35. The summed E-state index contributed by atoms with van der Waals surface area (Å²) in [5, 5.41) is 0. The fourth-order valence-electron chi connectivity index (χ4n) is 1.22. The van der Waals surface area contributed by atoms with Crippen LogP contribution in [0.5, 0.6) is 0 Å². The third-order valence-electron chi connectivity index (χ3n) is 1.99. The monoisotopic (exact) mass is 220 g/mol. The van der Waals surface area contributed by atoms with Crippen LogP contribution in [0.25, 0.3) is 0 Å². The Bertz CT molecular complexity index is 476. The van der Waals surface area contributed by atoms with Crippen LogP contribution in [0.2, 0.25) is 0 Å². The molecule has 0 saturated carbocycles. The Balaban J connectivity index is 1.94. The highest BCUT2D eigenvalue weighted by atomic mass is 19.1. The Kier molecular flexibility index (Phi) is 3.00. The number of carbonyl (C=O) groups is 1. The molecular weight excluding hydrogens is 211 g/mol. The van der Waals surface area contributed by atoms with Crippen molar-refractivity contribution in [2.45, 2.75) is 6.61 Å². The van der Waals surface area contributed by atoms with Gasteiger partial charge in [0.25, 0.3) is 6.01 Å². The van der Waals surface area contributed by atoms with Crippen LogP contribution in [0, 0.1) is 6.01 Å². The molecule has 0 amide bonds. The molecule has 1 aromatic carbocycles. The Morgan fingerprint density at radius 1 is 1.19 bits per heavy atom. The van der Waals surface area contributed by atoms with Gasteiger partial charge in [0.2, 0.25) is 5.76 Å². The lowest BCUT2D eigenvalue weighted by atomic mass is 10.2. The maximum Gasteiger partial charge on any atom is 0.374 e. The maximum absolute atomic E-state index is 12.5. The van der Waals surface area contributed by atoms with Crippen LogP contribution in [0.15, 0.2) is 46.9 Å². The van der Waals surface area contributed by atoms with E-state index in [0.717, 1.165) is 11.6 Å². The van der Waals surface area contributed by atoms with Gasteiger partial charge in [0.05, 0.1) is 0 Å². The van der Waals surface area contributed by atoms with Crippen molar-refractivity contribution in [3.05, 3.63) is 59.8 Å². The van der Waals surface area contributed by atoms with Gasteiger partial charge in [-0.25, -0.2) is 4.79 Å². The fraction of sp³-hybridized carbons (Fsp3) is 0.0833. The first kappa shape index (κ1) is 10.4. The number of furan rings is 1. The lowest BCUT2D eigenvalue weighted by Gasteiger charge is -2.02. The zero-order chi connectivity index (χ0) is 11.4. The molecule has 0 aliphatic carbocycles. The van der Waals surface area contributed by atoms with E-state index in [2.05, 4.69) is 4.42 Å². The van der Waals surface area contributed by atoms with Gasteiger partial charge in [-0.05, 0) is 11.6 Å². The molecule has 82 valence electrons. The van der Waals surface area contributed by atoms with Gasteiger partial charge in [0.1, 0.15) is 6.61 Å². The quantitative estimate of drug-likeness (QED) is 0.746. The van der Waals surface area contributed by atoms with Crippen molar-refractivity contribution in [2.75, 3.05) is 0 Å². The summed E-state index contributed by atoms with van der Waals surface area (Å²) in [6.07, 6.45) is 0. The average molecular weight is 220 g/mol. The van der Waals surface area contributed by atoms with Crippen LogP contribution < -0.4 is 0 Å². The van der Waals surface area contributed by atoms with Crippen LogP contribution >= 0.6 is 0 Å². The van der Waals surface area contributed by atoms with Crippen molar-refractivity contribution in [3.63, 3.8) is 0 Å². The number of esters is 1. The van der Waals surface area contributed by atoms with Crippen LogP contribution in [0.4, 0.5) is 4.39 Å². The molecule has 4 heteroatoms. The maximum atomic E-state index is 12.5. The second-order valence-corrected chi connectivity index (χ2v) is 3.17. The molecule has 0 fully saturated rings. The molecule has 16 heavy (non-hydrogen) atoms. The number of hydrogen-bond acceptors (Lipinski definition) is 3. The number of rotatable bonds is 3. The molecule has 1 heterocycles. The molecule has 0 N–H and O–H groups in total. The number of hydrogen-bond donors (Lipinski definition) is 0. The third kappa shape index (κ3) is 2.48. The van der Waals surface area contributed by atoms with E-state index in [9.17, 15) is 9.18 Å². The van der Waals surface area contributed by atoms with Gasteiger partial charge in [0.15, 0.2) is 0 Å². The largest absolute Gasteiger partial charge is 0.455 e. The van der Waals surface area contributed by atoms with Crippen LogP contribution in [0.1, 0.15) is 16.1 Å². The molecule has 0 aliphatic heterocycles. The third-order valence-corrected chi connectivity index (χ3v) is 1.99. The number of carbonyl (C=O) groups excluding carboxylic acids is 1. The van der Waals surface area contributed by atoms with Gasteiger partial charge in [0, 0.05) is 6.07 Å². The highest BCUT2D eigenvalue weighted by Crippen LogP contribution is 2.09. The molecular formula is C12H9FO3. The topological polar surface area (TPSA) is 39.4 Å². The Hall–Kier alpha value is -2.10. The van der Waals surface area contributed by atoms with E-state index in [1.807, 2.05) is 30.3 Å². The second-order valence-electron chi connectivity index (χ2n) is 3.17. The van der Waals surface area contributed by atoms with Crippen molar-refractivity contribution < 1.29 is 18.3 Å². The van der Waals surface area contributed by atoms with Gasteiger partial charge in [-0.1, -0.05) is 30.3 Å². The molecule has 0 aliphatic rings. The molecule has 2 aromatic rings. The van der Waals surface area contributed by atoms with Gasteiger partial charge in [-0.15, -0.1) is 0 Å². The Labute approximate surface area is 91.5 Å². The lowest BCUT2D eigenvalue weighted by molar-refractivity contribution is 0.0427. The fourth-order valence-corrected chi connectivity index (χ4v) is 1.22. The van der Waals surface area contributed by atoms with Gasteiger partial charge >= 0.3 is 5.97 Å². The first-order chi connectivity index (χ1) is 7.75. The molecule has 0 saturated heterocycles. The molecule has 0 bridgehead atoms. The lowest BCUT2D eigenvalue weighted by Crippen LogP contribution is -2.03. The van der Waals surface area contributed by atoms with Crippen LogP contribution in [-0.4, -0.2) is 5.97 Å². The highest BCUT2D eigenvalue weighted by molar-refractivity contribution is 5.86. The van der Waals surface area contributed by atoms with Crippen LogP contribution in [-0.2, 0) is 11.3 Å². The molecule has 0 spiro atoms. The summed E-state index contributed by atoms with van der Waals surface area (Å²) in [7, 11) is 0. The van der Waals surface area contributed by atoms with E-state index in [0.29, 0.717) is 0 Å². The zero-order valence-electron chi connectivity index (χ0n) is 8.35. The summed E-state index contributed by atoms with van der Waals surface area (Å²) < 4.78 is 21.9. The highest BCUT2D eigenvalue weighted by Gasteiger charge is 2.12. The molecule has 0 atom stereocenters. The molecule has 2 rings (SSSR count). The summed E-state index contributed by atoms with van der Waals surface area (Å²) in [6.45, 7) is 0.141. The van der Waals surface area contributed by atoms with Gasteiger partial charge in [-0.3, -0.25) is 0 Å². The smallest absolute Gasteiger partial charge is 0.374 e. The SMILES string of the molecule is O=C(OCc1ccccc1)c1ccc(F)o1. The van der Waals surface area contributed by atoms with Crippen molar-refractivity contribution in [1.29, 1.82) is 0 Å². The second kappa shape index (κ2) is 4.61. The minimum Gasteiger partial charge on any atom is -0.455 e. The van der Waals surface area contributed by atoms with E-state index in [1.54, 1.807) is 0 Å². The van der Waals surface area contributed by atoms with Gasteiger partial charge in [-0.2, -0.15) is 4.39 Å².